The Labute approximate surface area is 275 Å². The Kier molecular flexibility index (Phi) is 9.56. The lowest BCUT2D eigenvalue weighted by atomic mass is 9.80. The molecule has 0 radical (unpaired) electrons. The molecule has 2 unspecified atom stereocenters. The number of benzene rings is 1. The molecule has 3 saturated heterocycles. The molecule has 2 amide bonds. The third kappa shape index (κ3) is 7.92. The first kappa shape index (κ1) is 33.7. The smallest absolute Gasteiger partial charge is 0.257 e. The lowest BCUT2D eigenvalue weighted by molar-refractivity contribution is -0.150. The highest BCUT2D eigenvalue weighted by Crippen LogP contribution is 2.43. The summed E-state index contributed by atoms with van der Waals surface area (Å²) in [5.74, 6) is -2.45. The average molecular weight is 674 g/mol. The Morgan fingerprint density at radius 1 is 0.979 bits per heavy atom. The summed E-state index contributed by atoms with van der Waals surface area (Å²) in [6.07, 6.45) is 2.40. The molecule has 0 bridgehead atoms. The third-order valence-corrected chi connectivity index (χ3v) is 11.0. The molecule has 3 aliphatic heterocycles. The number of halogens is 2. The van der Waals surface area contributed by atoms with E-state index in [-0.39, 0.29) is 36.7 Å². The summed E-state index contributed by atoms with van der Waals surface area (Å²) >= 11 is 0. The molecule has 47 heavy (non-hydrogen) atoms. The second kappa shape index (κ2) is 13.3. The maximum Gasteiger partial charge on any atom is 0.257 e. The fourth-order valence-corrected chi connectivity index (χ4v) is 8.54. The maximum absolute atomic E-state index is 13.7. The predicted octanol–water partition coefficient (Wildman–Crippen LogP) is 2.91. The molecule has 6 rings (SSSR count). The number of carbonyl (C=O) groups is 2. The van der Waals surface area contributed by atoms with Gasteiger partial charge >= 0.3 is 0 Å². The molecule has 1 aliphatic carbocycles. The SMILES string of the molecule is Cc1nc(N2CCC(NS(C)(=O)=O)CC2)nc(C)c1C(=O)N1CC2CN(CC[C@H](NC(=O)C3CC(F)(F)C3)c3ccccc3)CC2C1. The first-order valence-electron chi connectivity index (χ1n) is 16.6. The number of aryl methyl sites for hydroxylation is 2. The molecule has 11 nitrogen and oxygen atoms in total. The number of amides is 2. The number of nitrogens with one attached hydrogen (secondary N) is 2. The zero-order chi connectivity index (χ0) is 33.5. The van der Waals surface area contributed by atoms with Gasteiger partial charge in [-0.3, -0.25) is 9.59 Å². The number of hydrogen-bond acceptors (Lipinski definition) is 8. The van der Waals surface area contributed by atoms with Crippen molar-refractivity contribution in [2.45, 2.75) is 64.0 Å². The van der Waals surface area contributed by atoms with Gasteiger partial charge in [0, 0.05) is 70.6 Å². The van der Waals surface area contributed by atoms with Crippen LogP contribution in [0.2, 0.25) is 0 Å². The van der Waals surface area contributed by atoms with Crippen molar-refractivity contribution >= 4 is 27.8 Å². The van der Waals surface area contributed by atoms with Crippen LogP contribution in [0.25, 0.3) is 0 Å². The number of likely N-dealkylation sites (tertiary alicyclic amines) is 2. The number of sulfonamides is 1. The number of hydrogen-bond donors (Lipinski definition) is 2. The van der Waals surface area contributed by atoms with E-state index in [2.05, 4.69) is 14.9 Å². The van der Waals surface area contributed by atoms with Crippen LogP contribution in [0.1, 0.15) is 65.5 Å². The van der Waals surface area contributed by atoms with Gasteiger partial charge in [0.25, 0.3) is 5.91 Å². The van der Waals surface area contributed by atoms with E-state index in [1.54, 1.807) is 0 Å². The highest BCUT2D eigenvalue weighted by Gasteiger charge is 2.49. The highest BCUT2D eigenvalue weighted by molar-refractivity contribution is 7.88. The normalized spacial score (nSPS) is 24.2. The van der Waals surface area contributed by atoms with Gasteiger partial charge in [0.05, 0.1) is 29.2 Å². The van der Waals surface area contributed by atoms with Crippen LogP contribution in [-0.2, 0) is 14.8 Å². The van der Waals surface area contributed by atoms with Crippen LogP contribution >= 0.6 is 0 Å². The lowest BCUT2D eigenvalue weighted by Crippen LogP contribution is -2.46. The molecular weight excluding hydrogens is 628 g/mol. The number of anilines is 1. The predicted molar refractivity (Wildman–Crippen MR) is 174 cm³/mol. The average Bonchev–Trinajstić information content (AvgIpc) is 3.57. The minimum Gasteiger partial charge on any atom is -0.349 e. The molecule has 1 aromatic heterocycles. The zero-order valence-corrected chi connectivity index (χ0v) is 28.1. The van der Waals surface area contributed by atoms with E-state index in [4.69, 9.17) is 9.97 Å². The number of nitrogens with zero attached hydrogens (tertiary/aromatic N) is 5. The summed E-state index contributed by atoms with van der Waals surface area (Å²) in [4.78, 5) is 42.2. The highest BCUT2D eigenvalue weighted by atomic mass is 32.2. The van der Waals surface area contributed by atoms with Crippen LogP contribution in [0.4, 0.5) is 14.7 Å². The van der Waals surface area contributed by atoms with E-state index < -0.39 is 21.9 Å². The summed E-state index contributed by atoms with van der Waals surface area (Å²) < 4.78 is 52.6. The van der Waals surface area contributed by atoms with Crippen molar-refractivity contribution in [1.29, 1.82) is 0 Å². The van der Waals surface area contributed by atoms with Crippen molar-refractivity contribution in [2.75, 3.05) is 57.0 Å². The summed E-state index contributed by atoms with van der Waals surface area (Å²) in [5.41, 5.74) is 2.81. The molecule has 14 heteroatoms. The fourth-order valence-electron chi connectivity index (χ4n) is 7.70. The number of piperidine rings is 1. The quantitative estimate of drug-likeness (QED) is 0.395. The summed E-state index contributed by atoms with van der Waals surface area (Å²) in [5, 5.41) is 3.04. The van der Waals surface area contributed by atoms with Gasteiger partial charge in [-0.15, -0.1) is 0 Å². The van der Waals surface area contributed by atoms with Crippen LogP contribution in [-0.4, -0.2) is 104 Å². The van der Waals surface area contributed by atoms with Gasteiger partial charge < -0.3 is 20.0 Å². The van der Waals surface area contributed by atoms with Gasteiger partial charge in [0.1, 0.15) is 0 Å². The molecule has 1 saturated carbocycles. The summed E-state index contributed by atoms with van der Waals surface area (Å²) in [6, 6.07) is 9.33. The second-order valence-corrected chi connectivity index (χ2v) is 15.7. The molecule has 0 spiro atoms. The Morgan fingerprint density at radius 3 is 2.13 bits per heavy atom. The van der Waals surface area contributed by atoms with Crippen molar-refractivity contribution in [3.8, 4) is 0 Å². The van der Waals surface area contributed by atoms with Crippen molar-refractivity contribution in [3.63, 3.8) is 0 Å². The molecule has 4 fully saturated rings. The summed E-state index contributed by atoms with van der Waals surface area (Å²) in [6.45, 7) is 8.75. The topological polar surface area (TPSA) is 128 Å². The van der Waals surface area contributed by atoms with Crippen molar-refractivity contribution in [3.05, 3.63) is 52.8 Å². The number of fused-ring (bicyclic) bond motifs is 1. The Hall–Kier alpha value is -3.23. The molecule has 256 valence electrons. The number of alkyl halides is 2. The van der Waals surface area contributed by atoms with Crippen LogP contribution in [0.3, 0.4) is 0 Å². The van der Waals surface area contributed by atoms with Crippen LogP contribution in [0.5, 0.6) is 0 Å². The van der Waals surface area contributed by atoms with E-state index in [9.17, 15) is 26.8 Å². The van der Waals surface area contributed by atoms with Gasteiger partial charge in [-0.05, 0) is 50.5 Å². The molecule has 2 N–H and O–H groups in total. The monoisotopic (exact) mass is 673 g/mol. The van der Waals surface area contributed by atoms with E-state index >= 15 is 0 Å². The molecular formula is C33H45F2N7O4S. The standard InChI is InChI=1S/C33H45F2N7O4S/c1-21-29(22(2)37-32(36-21)41-13-9-27(10-14-41)39-47(3,45)46)31(44)42-19-25-17-40(18-26(25)20-42)12-11-28(23-7-5-4-6-8-23)38-30(43)24-15-33(34,35)16-24/h4-8,24-28,39H,9-20H2,1-3H3,(H,38,43)/t25?,26?,28-/m0/s1. The Balaban J connectivity index is 1.01. The van der Waals surface area contributed by atoms with Gasteiger partial charge in [-0.2, -0.15) is 0 Å². The Morgan fingerprint density at radius 2 is 1.57 bits per heavy atom. The first-order chi connectivity index (χ1) is 22.2. The minimum atomic E-state index is -3.26. The van der Waals surface area contributed by atoms with Crippen molar-refractivity contribution in [2.24, 2.45) is 17.8 Å². The van der Waals surface area contributed by atoms with Gasteiger partial charge in [-0.1, -0.05) is 30.3 Å². The van der Waals surface area contributed by atoms with E-state index in [1.165, 1.54) is 6.26 Å². The lowest BCUT2D eigenvalue weighted by Gasteiger charge is -2.35. The number of rotatable bonds is 10. The first-order valence-corrected chi connectivity index (χ1v) is 18.5. The fraction of sp³-hybridized carbons (Fsp3) is 0.636. The van der Waals surface area contributed by atoms with Crippen molar-refractivity contribution < 1.29 is 26.8 Å². The minimum absolute atomic E-state index is 0.0445. The molecule has 1 aromatic carbocycles. The van der Waals surface area contributed by atoms with Crippen LogP contribution in [0.15, 0.2) is 30.3 Å². The number of carbonyl (C=O) groups excluding carboxylic acids is 2. The second-order valence-electron chi connectivity index (χ2n) is 13.9. The number of aromatic nitrogens is 2. The van der Waals surface area contributed by atoms with E-state index in [1.807, 2.05) is 54.0 Å². The summed E-state index contributed by atoms with van der Waals surface area (Å²) in [7, 11) is -3.26. The maximum atomic E-state index is 13.7. The van der Waals surface area contributed by atoms with Gasteiger partial charge in [0.15, 0.2) is 0 Å². The Bertz CT molecular complexity index is 1540. The molecule has 2 aromatic rings. The van der Waals surface area contributed by atoms with Gasteiger partial charge in [-0.25, -0.2) is 31.9 Å². The van der Waals surface area contributed by atoms with Crippen LogP contribution in [0, 0.1) is 31.6 Å². The largest absolute Gasteiger partial charge is 0.349 e. The van der Waals surface area contributed by atoms with Crippen molar-refractivity contribution in [1.82, 2.24) is 29.8 Å². The molecule has 4 aliphatic rings. The molecule has 3 atom stereocenters. The van der Waals surface area contributed by atoms with Gasteiger partial charge in [0.2, 0.25) is 27.8 Å². The third-order valence-electron chi connectivity index (χ3n) is 10.2. The van der Waals surface area contributed by atoms with E-state index in [0.29, 0.717) is 80.2 Å². The molecule has 4 heterocycles. The zero-order valence-electron chi connectivity index (χ0n) is 27.3. The van der Waals surface area contributed by atoms with E-state index in [0.717, 1.165) is 25.2 Å². The van der Waals surface area contributed by atoms with Crippen LogP contribution < -0.4 is 14.9 Å².